The number of halogens is 3. The summed E-state index contributed by atoms with van der Waals surface area (Å²) in [5.74, 6) is 0. The lowest BCUT2D eigenvalue weighted by molar-refractivity contribution is -0.137. The summed E-state index contributed by atoms with van der Waals surface area (Å²) >= 11 is 0. The molecular weight excluding hydrogens is 143 g/mol. The highest BCUT2D eigenvalue weighted by Gasteiger charge is 2.54. The van der Waals surface area contributed by atoms with Gasteiger partial charge in [-0.3, -0.25) is 4.90 Å². The molecule has 60 valence electrons. The Kier molecular flexibility index (Phi) is 1.66. The molecule has 1 aliphatic rings. The fourth-order valence-electron chi connectivity index (χ4n) is 1.01. The van der Waals surface area contributed by atoms with Crippen molar-refractivity contribution >= 4 is 0 Å². The minimum absolute atomic E-state index is 0.0200. The van der Waals surface area contributed by atoms with E-state index in [9.17, 15) is 13.2 Å². The van der Waals surface area contributed by atoms with Crippen LogP contribution in [0.1, 0.15) is 13.8 Å². The maximum Gasteiger partial charge on any atom is 0.405 e. The molecule has 1 heterocycles. The molecule has 0 aliphatic carbocycles. The van der Waals surface area contributed by atoms with Crippen LogP contribution in [0.25, 0.3) is 0 Å². The molecule has 1 fully saturated rings. The van der Waals surface area contributed by atoms with Crippen molar-refractivity contribution in [2.24, 2.45) is 0 Å². The van der Waals surface area contributed by atoms with Crippen molar-refractivity contribution in [3.63, 3.8) is 0 Å². The molecule has 0 aromatic carbocycles. The summed E-state index contributed by atoms with van der Waals surface area (Å²) < 4.78 is 35.4. The Morgan fingerprint density at radius 2 is 1.90 bits per heavy atom. The van der Waals surface area contributed by atoms with E-state index in [1.165, 1.54) is 4.90 Å². The van der Waals surface area contributed by atoms with E-state index in [0.717, 1.165) is 0 Å². The number of rotatable bonds is 1. The zero-order chi connectivity index (χ0) is 7.94. The predicted octanol–water partition coefficient (Wildman–Crippen LogP) is 1.64. The molecule has 0 spiro atoms. The van der Waals surface area contributed by atoms with Crippen LogP contribution in [-0.4, -0.2) is 29.7 Å². The summed E-state index contributed by atoms with van der Waals surface area (Å²) in [5, 5.41) is 0. The molecule has 1 aliphatic heterocycles. The highest BCUT2D eigenvalue weighted by Crippen LogP contribution is 2.35. The maximum absolute atomic E-state index is 11.8. The van der Waals surface area contributed by atoms with Gasteiger partial charge < -0.3 is 0 Å². The smallest absolute Gasteiger partial charge is 0.287 e. The van der Waals surface area contributed by atoms with Gasteiger partial charge in [0.15, 0.2) is 0 Å². The van der Waals surface area contributed by atoms with Crippen molar-refractivity contribution in [3.05, 3.63) is 0 Å². The zero-order valence-corrected chi connectivity index (χ0v) is 5.94. The number of hydrogen-bond acceptors (Lipinski definition) is 1. The van der Waals surface area contributed by atoms with Gasteiger partial charge in [0.2, 0.25) is 0 Å². The Hall–Kier alpha value is -0.250. The number of alkyl halides is 3. The summed E-state index contributed by atoms with van der Waals surface area (Å²) in [5.41, 5.74) is 0. The predicted molar refractivity (Wildman–Crippen MR) is 31.7 cm³/mol. The first-order valence-electron chi connectivity index (χ1n) is 3.25. The van der Waals surface area contributed by atoms with Gasteiger partial charge in [-0.2, -0.15) is 13.2 Å². The molecule has 0 aromatic heterocycles. The summed E-state index contributed by atoms with van der Waals surface area (Å²) in [6.07, 6.45) is -4.01. The zero-order valence-electron chi connectivity index (χ0n) is 5.94. The lowest BCUT2D eigenvalue weighted by Crippen LogP contribution is -2.24. The van der Waals surface area contributed by atoms with Crippen LogP contribution in [0, 0.1) is 0 Å². The fourth-order valence-corrected chi connectivity index (χ4v) is 1.01. The van der Waals surface area contributed by atoms with Crippen molar-refractivity contribution in [1.82, 2.24) is 4.90 Å². The third-order valence-electron chi connectivity index (χ3n) is 1.69. The second-order valence-electron chi connectivity index (χ2n) is 2.85. The van der Waals surface area contributed by atoms with Gasteiger partial charge in [0, 0.05) is 12.6 Å². The molecule has 0 amide bonds. The van der Waals surface area contributed by atoms with Gasteiger partial charge in [-0.15, -0.1) is 0 Å². The average Bonchev–Trinajstić information content (AvgIpc) is 2.35. The Morgan fingerprint density at radius 3 is 2.00 bits per heavy atom. The number of hydrogen-bond donors (Lipinski definition) is 0. The molecule has 1 nitrogen and oxygen atoms in total. The Bertz CT molecular complexity index is 129. The third-order valence-corrected chi connectivity index (χ3v) is 1.69. The molecule has 0 aromatic rings. The van der Waals surface area contributed by atoms with Gasteiger partial charge in [0.05, 0.1) is 0 Å². The van der Waals surface area contributed by atoms with Crippen LogP contribution in [0.2, 0.25) is 0 Å². The lowest BCUT2D eigenvalue weighted by atomic mass is 10.4. The normalized spacial score (nSPS) is 33.0. The van der Waals surface area contributed by atoms with E-state index in [-0.39, 0.29) is 12.6 Å². The first kappa shape index (κ1) is 7.85. The van der Waals surface area contributed by atoms with E-state index in [1.807, 2.05) is 0 Å². The van der Waals surface area contributed by atoms with E-state index in [1.54, 1.807) is 13.8 Å². The molecule has 0 saturated carbocycles. The van der Waals surface area contributed by atoms with Crippen molar-refractivity contribution in [1.29, 1.82) is 0 Å². The summed E-state index contributed by atoms with van der Waals surface area (Å²) in [7, 11) is 0. The second-order valence-corrected chi connectivity index (χ2v) is 2.85. The van der Waals surface area contributed by atoms with Crippen LogP contribution in [-0.2, 0) is 0 Å². The molecule has 0 bridgehead atoms. The SMILES string of the molecule is CC(C)N1CC1C(F)(F)F. The third kappa shape index (κ3) is 1.42. The topological polar surface area (TPSA) is 3.01 Å². The summed E-state index contributed by atoms with van der Waals surface area (Å²) in [6, 6.07) is -1.14. The van der Waals surface area contributed by atoms with Crippen LogP contribution in [0.4, 0.5) is 13.2 Å². The fraction of sp³-hybridized carbons (Fsp3) is 1.00. The molecule has 2 unspecified atom stereocenters. The van der Waals surface area contributed by atoms with Gasteiger partial charge in [-0.05, 0) is 13.8 Å². The van der Waals surface area contributed by atoms with Crippen LogP contribution in [0.15, 0.2) is 0 Å². The van der Waals surface area contributed by atoms with Crippen molar-refractivity contribution in [3.8, 4) is 0 Å². The van der Waals surface area contributed by atoms with Crippen molar-refractivity contribution in [2.45, 2.75) is 32.1 Å². The van der Waals surface area contributed by atoms with Crippen LogP contribution < -0.4 is 0 Å². The van der Waals surface area contributed by atoms with Crippen molar-refractivity contribution in [2.75, 3.05) is 6.54 Å². The Morgan fingerprint density at radius 1 is 1.40 bits per heavy atom. The monoisotopic (exact) mass is 153 g/mol. The van der Waals surface area contributed by atoms with E-state index < -0.39 is 12.2 Å². The van der Waals surface area contributed by atoms with Gasteiger partial charge >= 0.3 is 6.18 Å². The number of nitrogens with zero attached hydrogens (tertiary/aromatic N) is 1. The minimum atomic E-state index is -4.01. The van der Waals surface area contributed by atoms with Gasteiger partial charge in [0.25, 0.3) is 0 Å². The molecule has 10 heavy (non-hydrogen) atoms. The standard InChI is InChI=1S/C6H10F3N/c1-4(2)10-3-5(10)6(7,8)9/h4-5H,3H2,1-2H3. The highest BCUT2D eigenvalue weighted by atomic mass is 19.4. The Balaban J connectivity index is 2.39. The minimum Gasteiger partial charge on any atom is -0.287 e. The molecule has 2 atom stereocenters. The quantitative estimate of drug-likeness (QED) is 0.517. The van der Waals surface area contributed by atoms with Crippen LogP contribution in [0.3, 0.4) is 0 Å². The Labute approximate surface area is 57.8 Å². The highest BCUT2D eigenvalue weighted by molar-refractivity contribution is 4.96. The van der Waals surface area contributed by atoms with Gasteiger partial charge in [-0.25, -0.2) is 0 Å². The molecular formula is C6H10F3N. The largest absolute Gasteiger partial charge is 0.405 e. The molecule has 1 saturated heterocycles. The van der Waals surface area contributed by atoms with Crippen LogP contribution in [0.5, 0.6) is 0 Å². The maximum atomic E-state index is 11.8. The van der Waals surface area contributed by atoms with E-state index in [0.29, 0.717) is 0 Å². The van der Waals surface area contributed by atoms with Gasteiger partial charge in [0.1, 0.15) is 6.04 Å². The molecule has 4 heteroatoms. The first-order valence-corrected chi connectivity index (χ1v) is 3.25. The summed E-state index contributed by atoms with van der Waals surface area (Å²) in [6.45, 7) is 3.72. The van der Waals surface area contributed by atoms with Gasteiger partial charge in [-0.1, -0.05) is 0 Å². The summed E-state index contributed by atoms with van der Waals surface area (Å²) in [4.78, 5) is 1.42. The lowest BCUT2D eigenvalue weighted by Gasteiger charge is -2.09. The molecule has 0 radical (unpaired) electrons. The molecule has 1 rings (SSSR count). The van der Waals surface area contributed by atoms with Crippen molar-refractivity contribution < 1.29 is 13.2 Å². The average molecular weight is 153 g/mol. The van der Waals surface area contributed by atoms with E-state index >= 15 is 0 Å². The van der Waals surface area contributed by atoms with E-state index in [4.69, 9.17) is 0 Å². The second kappa shape index (κ2) is 2.12. The molecule has 0 N–H and O–H groups in total. The van der Waals surface area contributed by atoms with E-state index in [2.05, 4.69) is 0 Å². The first-order chi connectivity index (χ1) is 4.43. The van der Waals surface area contributed by atoms with Crippen LogP contribution >= 0.6 is 0 Å².